The predicted octanol–water partition coefficient (Wildman–Crippen LogP) is 2.44. The van der Waals surface area contributed by atoms with Crippen molar-refractivity contribution in [3.05, 3.63) is 35.4 Å². The number of hydrogen-bond donors (Lipinski definition) is 2. The first-order valence-electron chi connectivity index (χ1n) is 6.87. The van der Waals surface area contributed by atoms with Gasteiger partial charge in [-0.1, -0.05) is 6.07 Å². The number of carboxylic acids is 1. The fourth-order valence-electron chi connectivity index (χ4n) is 2.72. The summed E-state index contributed by atoms with van der Waals surface area (Å²) in [7, 11) is 0. The van der Waals surface area contributed by atoms with Crippen molar-refractivity contribution in [3.63, 3.8) is 0 Å². The van der Waals surface area contributed by atoms with Gasteiger partial charge in [-0.3, -0.25) is 9.59 Å². The maximum absolute atomic E-state index is 13.6. The van der Waals surface area contributed by atoms with Gasteiger partial charge in [0, 0.05) is 11.6 Å². The van der Waals surface area contributed by atoms with E-state index in [0.717, 1.165) is 12.1 Å². The SMILES string of the molecule is CC(C(=O)N[C@H]1CC[C@@H](C(=O)O)C1)c1c(F)cccc1F. The number of amides is 1. The number of rotatable bonds is 4. The van der Waals surface area contributed by atoms with Crippen LogP contribution in [-0.4, -0.2) is 23.0 Å². The highest BCUT2D eigenvalue weighted by molar-refractivity contribution is 5.83. The highest BCUT2D eigenvalue weighted by atomic mass is 19.1. The molecule has 0 heterocycles. The topological polar surface area (TPSA) is 66.4 Å². The van der Waals surface area contributed by atoms with E-state index in [1.54, 1.807) is 0 Å². The minimum atomic E-state index is -0.963. The molecule has 1 aromatic rings. The molecular formula is C15H17F2NO3. The Bertz CT molecular complexity index is 542. The summed E-state index contributed by atoms with van der Waals surface area (Å²) in [6.07, 6.45) is 1.42. The lowest BCUT2D eigenvalue weighted by Gasteiger charge is -2.18. The second-order valence-electron chi connectivity index (χ2n) is 5.41. The summed E-state index contributed by atoms with van der Waals surface area (Å²) in [5.41, 5.74) is -0.261. The second kappa shape index (κ2) is 6.20. The normalized spacial score (nSPS) is 22.8. The highest BCUT2D eigenvalue weighted by Gasteiger charge is 2.32. The fourth-order valence-corrected chi connectivity index (χ4v) is 2.72. The van der Waals surface area contributed by atoms with E-state index in [2.05, 4.69) is 5.32 Å². The molecule has 0 bridgehead atoms. The van der Waals surface area contributed by atoms with Crippen LogP contribution >= 0.6 is 0 Å². The maximum atomic E-state index is 13.6. The number of hydrogen-bond acceptors (Lipinski definition) is 2. The van der Waals surface area contributed by atoms with Crippen molar-refractivity contribution in [1.82, 2.24) is 5.32 Å². The van der Waals surface area contributed by atoms with Crippen molar-refractivity contribution in [2.24, 2.45) is 5.92 Å². The predicted molar refractivity (Wildman–Crippen MR) is 71.7 cm³/mol. The Kier molecular flexibility index (Phi) is 4.55. The van der Waals surface area contributed by atoms with Crippen molar-refractivity contribution in [2.75, 3.05) is 0 Å². The number of halogens is 2. The summed E-state index contributed by atoms with van der Waals surface area (Å²) in [5, 5.41) is 11.6. The molecule has 2 N–H and O–H groups in total. The minimum Gasteiger partial charge on any atom is -0.481 e. The Hall–Kier alpha value is -1.98. The van der Waals surface area contributed by atoms with Crippen LogP contribution in [0.25, 0.3) is 0 Å². The molecule has 1 aliphatic carbocycles. The first-order chi connectivity index (χ1) is 9.90. The lowest BCUT2D eigenvalue weighted by atomic mass is 9.98. The van der Waals surface area contributed by atoms with E-state index >= 15 is 0 Å². The highest BCUT2D eigenvalue weighted by Crippen LogP contribution is 2.27. The summed E-state index contributed by atoms with van der Waals surface area (Å²) in [5.74, 6) is -4.30. The molecule has 1 unspecified atom stereocenters. The van der Waals surface area contributed by atoms with Crippen molar-refractivity contribution in [1.29, 1.82) is 0 Å². The summed E-state index contributed by atoms with van der Waals surface area (Å²) in [6.45, 7) is 1.43. The lowest BCUT2D eigenvalue weighted by Crippen LogP contribution is -2.36. The molecule has 1 saturated carbocycles. The van der Waals surface area contributed by atoms with E-state index < -0.39 is 35.3 Å². The van der Waals surface area contributed by atoms with Gasteiger partial charge in [0.2, 0.25) is 5.91 Å². The first-order valence-corrected chi connectivity index (χ1v) is 6.87. The van der Waals surface area contributed by atoms with Gasteiger partial charge in [-0.15, -0.1) is 0 Å². The zero-order chi connectivity index (χ0) is 15.6. The molecule has 0 aromatic heterocycles. The number of carboxylic acid groups (broad SMARTS) is 1. The van der Waals surface area contributed by atoms with Gasteiger partial charge in [0.15, 0.2) is 0 Å². The minimum absolute atomic E-state index is 0.254. The van der Waals surface area contributed by atoms with Crippen LogP contribution in [0.15, 0.2) is 18.2 Å². The molecule has 6 heteroatoms. The van der Waals surface area contributed by atoms with E-state index in [9.17, 15) is 18.4 Å². The third-order valence-electron chi connectivity index (χ3n) is 3.95. The molecule has 2 rings (SSSR count). The van der Waals surface area contributed by atoms with E-state index in [0.29, 0.717) is 19.3 Å². The molecule has 4 nitrogen and oxygen atoms in total. The van der Waals surface area contributed by atoms with Gasteiger partial charge in [0.25, 0.3) is 0 Å². The quantitative estimate of drug-likeness (QED) is 0.897. The van der Waals surface area contributed by atoms with E-state index in [-0.39, 0.29) is 11.6 Å². The Balaban J connectivity index is 2.02. The number of benzene rings is 1. The first kappa shape index (κ1) is 15.4. The maximum Gasteiger partial charge on any atom is 0.306 e. The van der Waals surface area contributed by atoms with Crippen LogP contribution in [-0.2, 0) is 9.59 Å². The molecule has 0 spiro atoms. The van der Waals surface area contributed by atoms with Crippen LogP contribution in [0.5, 0.6) is 0 Å². The van der Waals surface area contributed by atoms with E-state index in [1.807, 2.05) is 0 Å². The largest absolute Gasteiger partial charge is 0.481 e. The van der Waals surface area contributed by atoms with Crippen molar-refractivity contribution < 1.29 is 23.5 Å². The molecule has 1 fully saturated rings. The van der Waals surface area contributed by atoms with Gasteiger partial charge in [-0.2, -0.15) is 0 Å². The monoisotopic (exact) mass is 297 g/mol. The molecule has 1 aromatic carbocycles. The molecule has 21 heavy (non-hydrogen) atoms. The summed E-state index contributed by atoms with van der Waals surface area (Å²) in [6, 6.07) is 3.21. The number of carbonyl (C=O) groups excluding carboxylic acids is 1. The summed E-state index contributed by atoms with van der Waals surface area (Å²) >= 11 is 0. The number of nitrogens with one attached hydrogen (secondary N) is 1. The van der Waals surface area contributed by atoms with Crippen molar-refractivity contribution in [3.8, 4) is 0 Å². The van der Waals surface area contributed by atoms with E-state index in [4.69, 9.17) is 5.11 Å². The van der Waals surface area contributed by atoms with Crippen LogP contribution in [0.2, 0.25) is 0 Å². The summed E-state index contributed by atoms with van der Waals surface area (Å²) in [4.78, 5) is 23.0. The van der Waals surface area contributed by atoms with Crippen LogP contribution in [0.1, 0.15) is 37.7 Å². The number of carbonyl (C=O) groups is 2. The smallest absolute Gasteiger partial charge is 0.306 e. The molecule has 0 saturated heterocycles. The van der Waals surface area contributed by atoms with Gasteiger partial charge in [0.1, 0.15) is 11.6 Å². The Morgan fingerprint density at radius 2 is 1.90 bits per heavy atom. The average molecular weight is 297 g/mol. The van der Waals surface area contributed by atoms with Gasteiger partial charge in [-0.25, -0.2) is 8.78 Å². The second-order valence-corrected chi connectivity index (χ2v) is 5.41. The molecular weight excluding hydrogens is 280 g/mol. The third kappa shape index (κ3) is 3.37. The lowest BCUT2D eigenvalue weighted by molar-refractivity contribution is -0.141. The Morgan fingerprint density at radius 1 is 1.29 bits per heavy atom. The standard InChI is InChI=1S/C15H17F2NO3/c1-8(13-11(16)3-2-4-12(13)17)14(19)18-10-6-5-9(7-10)15(20)21/h2-4,8-10H,5-7H2,1H3,(H,18,19)(H,20,21)/t8?,9-,10+/m1/s1. The van der Waals surface area contributed by atoms with Crippen LogP contribution in [0.4, 0.5) is 8.78 Å². The molecule has 0 radical (unpaired) electrons. The third-order valence-corrected chi connectivity index (χ3v) is 3.95. The van der Waals surface area contributed by atoms with Gasteiger partial charge in [-0.05, 0) is 38.3 Å². The summed E-state index contributed by atoms with van der Waals surface area (Å²) < 4.78 is 27.3. The zero-order valence-electron chi connectivity index (χ0n) is 11.6. The van der Waals surface area contributed by atoms with Gasteiger partial charge >= 0.3 is 5.97 Å². The van der Waals surface area contributed by atoms with Gasteiger partial charge < -0.3 is 10.4 Å². The molecule has 3 atom stereocenters. The van der Waals surface area contributed by atoms with Crippen LogP contribution in [0, 0.1) is 17.6 Å². The fraction of sp³-hybridized carbons (Fsp3) is 0.467. The van der Waals surface area contributed by atoms with Crippen LogP contribution in [0.3, 0.4) is 0 Å². The van der Waals surface area contributed by atoms with Crippen molar-refractivity contribution in [2.45, 2.75) is 38.1 Å². The molecule has 1 amide bonds. The Labute approximate surface area is 121 Å². The van der Waals surface area contributed by atoms with Crippen molar-refractivity contribution >= 4 is 11.9 Å². The van der Waals surface area contributed by atoms with Crippen LogP contribution < -0.4 is 5.32 Å². The van der Waals surface area contributed by atoms with Gasteiger partial charge in [0.05, 0.1) is 11.8 Å². The molecule has 0 aliphatic heterocycles. The zero-order valence-corrected chi connectivity index (χ0v) is 11.6. The number of aliphatic carboxylic acids is 1. The Morgan fingerprint density at radius 3 is 2.43 bits per heavy atom. The molecule has 114 valence electrons. The molecule has 1 aliphatic rings. The van der Waals surface area contributed by atoms with E-state index in [1.165, 1.54) is 13.0 Å². The average Bonchev–Trinajstić information content (AvgIpc) is 2.87.